The number of hydrogen-bond acceptors (Lipinski definition) is 2. The van der Waals surface area contributed by atoms with E-state index in [1.807, 2.05) is 24.3 Å². The van der Waals surface area contributed by atoms with E-state index in [1.165, 1.54) is 6.20 Å². The molecule has 0 bridgehead atoms. The Morgan fingerprint density at radius 1 is 1.25 bits per heavy atom. The van der Waals surface area contributed by atoms with Crippen molar-refractivity contribution in [2.75, 3.05) is 0 Å². The Labute approximate surface area is 106 Å². The standard InChI is InChI=1S/C11H9NO2.2ClH/c13-11(14)10-5-8-3-1-2-4-9(8)6-12-7-10;;/h1-4,6-7H,5H2,(H,13,14);2*1H. The summed E-state index contributed by atoms with van der Waals surface area (Å²) < 4.78 is 0. The smallest absolute Gasteiger partial charge is 0.333 e. The summed E-state index contributed by atoms with van der Waals surface area (Å²) in [5.41, 5.74) is 2.31. The molecule has 0 saturated heterocycles. The molecule has 3 nitrogen and oxygen atoms in total. The van der Waals surface area contributed by atoms with Crippen LogP contribution in [0.5, 0.6) is 0 Å². The fraction of sp³-hybridized carbons (Fsp3) is 0.0909. The average molecular weight is 260 g/mol. The topological polar surface area (TPSA) is 49.7 Å². The molecule has 0 saturated carbocycles. The molecular weight excluding hydrogens is 249 g/mol. The largest absolute Gasteiger partial charge is 0.478 e. The molecule has 0 unspecified atom stereocenters. The molecule has 1 heterocycles. The number of aliphatic imine (C=N–C) groups is 1. The first-order valence-electron chi connectivity index (χ1n) is 4.31. The highest BCUT2D eigenvalue weighted by molar-refractivity contribution is 5.90. The molecule has 1 aromatic carbocycles. The van der Waals surface area contributed by atoms with Crippen molar-refractivity contribution in [1.82, 2.24) is 0 Å². The van der Waals surface area contributed by atoms with Crippen LogP contribution in [0.3, 0.4) is 0 Å². The molecule has 0 atom stereocenters. The highest BCUT2D eigenvalue weighted by atomic mass is 35.5. The van der Waals surface area contributed by atoms with Crippen LogP contribution in [0.2, 0.25) is 0 Å². The molecule has 86 valence electrons. The molecule has 0 amide bonds. The normalized spacial score (nSPS) is 12.4. The molecule has 1 aromatic rings. The summed E-state index contributed by atoms with van der Waals surface area (Å²) in [5, 5.41) is 8.85. The summed E-state index contributed by atoms with van der Waals surface area (Å²) in [6, 6.07) is 7.66. The van der Waals surface area contributed by atoms with E-state index in [0.29, 0.717) is 12.0 Å². The van der Waals surface area contributed by atoms with Gasteiger partial charge in [-0.05, 0) is 11.1 Å². The number of carbonyl (C=O) groups is 1. The zero-order valence-corrected chi connectivity index (χ0v) is 9.92. The Bertz CT molecular complexity index is 441. The van der Waals surface area contributed by atoms with Crippen molar-refractivity contribution in [2.24, 2.45) is 4.99 Å². The maximum absolute atomic E-state index is 10.8. The number of carboxylic acid groups (broad SMARTS) is 1. The van der Waals surface area contributed by atoms with E-state index in [9.17, 15) is 4.79 Å². The van der Waals surface area contributed by atoms with E-state index in [4.69, 9.17) is 5.11 Å². The van der Waals surface area contributed by atoms with Gasteiger partial charge in [-0.1, -0.05) is 24.3 Å². The third-order valence-corrected chi connectivity index (χ3v) is 2.15. The van der Waals surface area contributed by atoms with E-state index in [0.717, 1.165) is 11.1 Å². The van der Waals surface area contributed by atoms with Gasteiger partial charge in [0.25, 0.3) is 0 Å². The van der Waals surface area contributed by atoms with E-state index in [-0.39, 0.29) is 24.8 Å². The molecule has 0 fully saturated rings. The first-order chi connectivity index (χ1) is 6.77. The molecule has 1 aliphatic rings. The fourth-order valence-corrected chi connectivity index (χ4v) is 1.41. The number of nitrogens with zero attached hydrogens (tertiary/aromatic N) is 1. The second-order valence-electron chi connectivity index (χ2n) is 3.11. The van der Waals surface area contributed by atoms with Crippen LogP contribution in [0.4, 0.5) is 0 Å². The van der Waals surface area contributed by atoms with Crippen LogP contribution in [-0.4, -0.2) is 17.3 Å². The summed E-state index contributed by atoms with van der Waals surface area (Å²) in [6.07, 6.45) is 3.53. The van der Waals surface area contributed by atoms with Crippen molar-refractivity contribution in [2.45, 2.75) is 6.42 Å². The second-order valence-corrected chi connectivity index (χ2v) is 3.11. The average Bonchev–Trinajstić information content (AvgIpc) is 2.39. The minimum absolute atomic E-state index is 0. The van der Waals surface area contributed by atoms with Crippen molar-refractivity contribution >= 4 is 37.0 Å². The number of carboxylic acids is 1. The Morgan fingerprint density at radius 3 is 2.62 bits per heavy atom. The zero-order chi connectivity index (χ0) is 9.97. The van der Waals surface area contributed by atoms with Gasteiger partial charge in [0, 0.05) is 18.8 Å². The summed E-state index contributed by atoms with van der Waals surface area (Å²) in [7, 11) is 0. The monoisotopic (exact) mass is 259 g/mol. The molecule has 5 heteroatoms. The number of aliphatic carboxylic acids is 1. The highest BCUT2D eigenvalue weighted by Gasteiger charge is 2.11. The van der Waals surface area contributed by atoms with Gasteiger partial charge < -0.3 is 5.11 Å². The van der Waals surface area contributed by atoms with Gasteiger partial charge in [-0.25, -0.2) is 4.79 Å². The minimum Gasteiger partial charge on any atom is -0.478 e. The number of hydrogen-bond donors (Lipinski definition) is 1. The molecule has 0 aliphatic carbocycles. The van der Waals surface area contributed by atoms with Gasteiger partial charge in [0.05, 0.1) is 5.57 Å². The van der Waals surface area contributed by atoms with Crippen LogP contribution in [0.1, 0.15) is 11.1 Å². The molecule has 16 heavy (non-hydrogen) atoms. The Balaban J connectivity index is 0.00000112. The van der Waals surface area contributed by atoms with Crippen LogP contribution >= 0.6 is 24.8 Å². The summed E-state index contributed by atoms with van der Waals surface area (Å²) in [6.45, 7) is 0. The highest BCUT2D eigenvalue weighted by Crippen LogP contribution is 2.15. The van der Waals surface area contributed by atoms with Crippen LogP contribution in [0, 0.1) is 0 Å². The SMILES string of the molecule is Cl.Cl.O=C(O)C1=CN=Cc2ccccc2C1. The summed E-state index contributed by atoms with van der Waals surface area (Å²) in [4.78, 5) is 14.7. The van der Waals surface area contributed by atoms with E-state index < -0.39 is 5.97 Å². The number of fused-ring (bicyclic) bond motifs is 1. The van der Waals surface area contributed by atoms with Gasteiger partial charge in [-0.15, -0.1) is 24.8 Å². The van der Waals surface area contributed by atoms with Gasteiger partial charge in [0.2, 0.25) is 0 Å². The number of rotatable bonds is 1. The Kier molecular flexibility index (Phi) is 5.78. The van der Waals surface area contributed by atoms with Gasteiger partial charge in [-0.2, -0.15) is 0 Å². The predicted molar refractivity (Wildman–Crippen MR) is 68.0 cm³/mol. The molecule has 0 radical (unpaired) electrons. The van der Waals surface area contributed by atoms with Crippen LogP contribution in [0.15, 0.2) is 41.0 Å². The fourth-order valence-electron chi connectivity index (χ4n) is 1.41. The lowest BCUT2D eigenvalue weighted by molar-refractivity contribution is -0.132. The molecule has 1 aliphatic heterocycles. The maximum Gasteiger partial charge on any atom is 0.333 e. The van der Waals surface area contributed by atoms with Crippen LogP contribution in [-0.2, 0) is 11.2 Å². The summed E-state index contributed by atoms with van der Waals surface area (Å²) in [5.74, 6) is -0.904. The summed E-state index contributed by atoms with van der Waals surface area (Å²) >= 11 is 0. The van der Waals surface area contributed by atoms with Crippen molar-refractivity contribution in [3.8, 4) is 0 Å². The maximum atomic E-state index is 10.8. The molecule has 0 aromatic heterocycles. The van der Waals surface area contributed by atoms with Crippen molar-refractivity contribution in [1.29, 1.82) is 0 Å². The molecule has 1 N–H and O–H groups in total. The zero-order valence-electron chi connectivity index (χ0n) is 8.29. The third-order valence-electron chi connectivity index (χ3n) is 2.15. The lowest BCUT2D eigenvalue weighted by Gasteiger charge is -2.02. The van der Waals surface area contributed by atoms with Gasteiger partial charge in [0.15, 0.2) is 0 Å². The second kappa shape index (κ2) is 6.30. The van der Waals surface area contributed by atoms with E-state index in [2.05, 4.69) is 4.99 Å². The van der Waals surface area contributed by atoms with E-state index in [1.54, 1.807) is 6.21 Å². The van der Waals surface area contributed by atoms with Crippen LogP contribution < -0.4 is 0 Å². The molecular formula is C11H11Cl2NO2. The van der Waals surface area contributed by atoms with Crippen molar-refractivity contribution in [3.05, 3.63) is 47.2 Å². The molecule has 0 spiro atoms. The van der Waals surface area contributed by atoms with Gasteiger partial charge in [-0.3, -0.25) is 4.99 Å². The van der Waals surface area contributed by atoms with Gasteiger partial charge >= 0.3 is 5.97 Å². The lowest BCUT2D eigenvalue weighted by Crippen LogP contribution is -2.03. The van der Waals surface area contributed by atoms with Crippen molar-refractivity contribution < 1.29 is 9.90 Å². The lowest BCUT2D eigenvalue weighted by atomic mass is 10.0. The Hall–Kier alpha value is -1.32. The number of halogens is 2. The van der Waals surface area contributed by atoms with E-state index >= 15 is 0 Å². The first kappa shape index (κ1) is 14.7. The molecule has 2 rings (SSSR count). The van der Waals surface area contributed by atoms with Crippen molar-refractivity contribution in [3.63, 3.8) is 0 Å². The Morgan fingerprint density at radius 2 is 1.94 bits per heavy atom. The quantitative estimate of drug-likeness (QED) is 0.843. The first-order valence-corrected chi connectivity index (χ1v) is 4.31. The van der Waals surface area contributed by atoms with Gasteiger partial charge in [0.1, 0.15) is 0 Å². The predicted octanol–water partition coefficient (Wildman–Crippen LogP) is 2.47. The third kappa shape index (κ3) is 3.08. The number of benzene rings is 1. The minimum atomic E-state index is -0.904. The van der Waals surface area contributed by atoms with Crippen LogP contribution in [0.25, 0.3) is 0 Å².